The zero-order chi connectivity index (χ0) is 14.5. The van der Waals surface area contributed by atoms with Crippen LogP contribution in [0.2, 0.25) is 0 Å². The van der Waals surface area contributed by atoms with Crippen molar-refractivity contribution in [3.05, 3.63) is 58.0 Å². The van der Waals surface area contributed by atoms with Gasteiger partial charge < -0.3 is 14.5 Å². The molecule has 4 heteroatoms. The van der Waals surface area contributed by atoms with Gasteiger partial charge in [-0.2, -0.15) is 0 Å². The lowest BCUT2D eigenvalue weighted by Gasteiger charge is -2.14. The van der Waals surface area contributed by atoms with Crippen LogP contribution in [0.1, 0.15) is 35.8 Å². The summed E-state index contributed by atoms with van der Waals surface area (Å²) in [6.07, 6.45) is 5.06. The molecule has 21 heavy (non-hydrogen) atoms. The van der Waals surface area contributed by atoms with Gasteiger partial charge in [-0.3, -0.25) is 0 Å². The molecule has 0 spiro atoms. The third kappa shape index (κ3) is 3.96. The highest BCUT2D eigenvalue weighted by Crippen LogP contribution is 2.32. The van der Waals surface area contributed by atoms with E-state index in [-0.39, 0.29) is 0 Å². The molecule has 1 N–H and O–H groups in total. The van der Waals surface area contributed by atoms with E-state index in [1.165, 1.54) is 28.4 Å². The Morgan fingerprint density at radius 2 is 2.29 bits per heavy atom. The van der Waals surface area contributed by atoms with Crippen LogP contribution >= 0.6 is 15.9 Å². The number of benzene rings is 1. The number of furan rings is 1. The highest BCUT2D eigenvalue weighted by molar-refractivity contribution is 9.10. The molecule has 1 aromatic heterocycles. The maximum absolute atomic E-state index is 5.59. The lowest BCUT2D eigenvalue weighted by atomic mass is 10.1. The quantitative estimate of drug-likeness (QED) is 0.759. The highest BCUT2D eigenvalue weighted by Gasteiger charge is 2.21. The van der Waals surface area contributed by atoms with Gasteiger partial charge >= 0.3 is 0 Å². The zero-order valence-corrected chi connectivity index (χ0v) is 13.6. The Morgan fingerprint density at radius 3 is 3.14 bits per heavy atom. The average Bonchev–Trinajstić information content (AvgIpc) is 3.12. The van der Waals surface area contributed by atoms with E-state index in [1.54, 1.807) is 6.26 Å². The minimum atomic E-state index is 0.498. The fraction of sp³-hybridized carbons (Fsp3) is 0.412. The fourth-order valence-corrected chi connectivity index (χ4v) is 3.22. The van der Waals surface area contributed by atoms with Crippen molar-refractivity contribution >= 4 is 15.9 Å². The van der Waals surface area contributed by atoms with E-state index in [0.717, 1.165) is 25.3 Å². The number of ether oxygens (including phenoxy) is 1. The minimum Gasteiger partial charge on any atom is -0.467 e. The van der Waals surface area contributed by atoms with Crippen LogP contribution < -0.4 is 5.32 Å². The van der Waals surface area contributed by atoms with E-state index >= 15 is 0 Å². The molecule has 0 aliphatic heterocycles. The zero-order valence-electron chi connectivity index (χ0n) is 12.0. The molecule has 3 nitrogen and oxygen atoms in total. The molecule has 0 bridgehead atoms. The van der Waals surface area contributed by atoms with E-state index in [0.29, 0.717) is 12.6 Å². The van der Waals surface area contributed by atoms with E-state index in [9.17, 15) is 0 Å². The summed E-state index contributed by atoms with van der Waals surface area (Å²) in [5.74, 6) is 0.887. The van der Waals surface area contributed by atoms with Crippen molar-refractivity contribution in [3.63, 3.8) is 0 Å². The summed E-state index contributed by atoms with van der Waals surface area (Å²) in [5, 5.41) is 3.63. The molecule has 1 aliphatic carbocycles. The molecule has 0 saturated carbocycles. The van der Waals surface area contributed by atoms with E-state index in [1.807, 2.05) is 12.1 Å². The van der Waals surface area contributed by atoms with Crippen molar-refractivity contribution in [2.75, 3.05) is 13.2 Å². The molecule has 1 unspecified atom stereocenters. The SMILES string of the molecule is Brc1ccc2c(c1)CCC2NCCCOCc1ccco1. The summed E-state index contributed by atoms with van der Waals surface area (Å²) >= 11 is 3.54. The van der Waals surface area contributed by atoms with Gasteiger partial charge in [-0.1, -0.05) is 22.0 Å². The summed E-state index contributed by atoms with van der Waals surface area (Å²) in [4.78, 5) is 0. The van der Waals surface area contributed by atoms with Gasteiger partial charge in [0.25, 0.3) is 0 Å². The van der Waals surface area contributed by atoms with Gasteiger partial charge in [0.15, 0.2) is 0 Å². The second kappa shape index (κ2) is 7.25. The number of nitrogens with one attached hydrogen (secondary N) is 1. The Morgan fingerprint density at radius 1 is 1.33 bits per heavy atom. The number of fused-ring (bicyclic) bond motifs is 1. The number of rotatable bonds is 7. The molecule has 112 valence electrons. The lowest BCUT2D eigenvalue weighted by Crippen LogP contribution is -2.21. The van der Waals surface area contributed by atoms with Crippen LogP contribution in [-0.2, 0) is 17.8 Å². The Hall–Kier alpha value is -1.10. The Balaban J connectivity index is 1.35. The molecular formula is C17H20BrNO2. The first-order valence-corrected chi connectivity index (χ1v) is 8.24. The van der Waals surface area contributed by atoms with E-state index in [4.69, 9.17) is 9.15 Å². The summed E-state index contributed by atoms with van der Waals surface area (Å²) in [6.45, 7) is 2.30. The molecule has 1 heterocycles. The standard InChI is InChI=1S/C17H20BrNO2/c18-14-5-6-16-13(11-14)4-7-17(16)19-8-2-9-20-12-15-3-1-10-21-15/h1,3,5-6,10-11,17,19H,2,4,7-9,12H2. The maximum atomic E-state index is 5.59. The smallest absolute Gasteiger partial charge is 0.129 e. The van der Waals surface area contributed by atoms with Gasteiger partial charge in [-0.15, -0.1) is 0 Å². The lowest BCUT2D eigenvalue weighted by molar-refractivity contribution is 0.103. The molecule has 0 fully saturated rings. The van der Waals surface area contributed by atoms with E-state index < -0.39 is 0 Å². The van der Waals surface area contributed by atoms with Gasteiger partial charge in [0.1, 0.15) is 12.4 Å². The number of halogens is 1. The predicted octanol–water partition coefficient (Wildman–Crippen LogP) is 4.23. The summed E-state index contributed by atoms with van der Waals surface area (Å²) in [6, 6.07) is 10.9. The Kier molecular flexibility index (Phi) is 5.12. The molecule has 0 amide bonds. The summed E-state index contributed by atoms with van der Waals surface area (Å²) < 4.78 is 12.0. The first-order valence-electron chi connectivity index (χ1n) is 7.45. The van der Waals surface area contributed by atoms with Crippen LogP contribution in [0.3, 0.4) is 0 Å². The van der Waals surface area contributed by atoms with Gasteiger partial charge in [0, 0.05) is 17.1 Å². The summed E-state index contributed by atoms with van der Waals surface area (Å²) in [7, 11) is 0. The molecule has 1 aliphatic rings. The molecule has 2 aromatic rings. The Labute approximate surface area is 133 Å². The van der Waals surface area contributed by atoms with Crippen molar-refractivity contribution in [3.8, 4) is 0 Å². The molecule has 0 radical (unpaired) electrons. The van der Waals surface area contributed by atoms with Crippen LogP contribution in [0, 0.1) is 0 Å². The second-order valence-electron chi connectivity index (χ2n) is 5.37. The molecular weight excluding hydrogens is 330 g/mol. The first kappa shape index (κ1) is 14.8. The number of aryl methyl sites for hydroxylation is 1. The van der Waals surface area contributed by atoms with Gasteiger partial charge in [-0.05, 0) is 61.2 Å². The van der Waals surface area contributed by atoms with Gasteiger partial charge in [0.2, 0.25) is 0 Å². The van der Waals surface area contributed by atoms with Crippen molar-refractivity contribution in [1.82, 2.24) is 5.32 Å². The van der Waals surface area contributed by atoms with E-state index in [2.05, 4.69) is 39.4 Å². The van der Waals surface area contributed by atoms with Crippen molar-refractivity contribution < 1.29 is 9.15 Å². The van der Waals surface area contributed by atoms with Gasteiger partial charge in [-0.25, -0.2) is 0 Å². The third-order valence-electron chi connectivity index (χ3n) is 3.86. The number of hydrogen-bond acceptors (Lipinski definition) is 3. The van der Waals surface area contributed by atoms with Crippen LogP contribution in [0.4, 0.5) is 0 Å². The van der Waals surface area contributed by atoms with Crippen molar-refractivity contribution in [1.29, 1.82) is 0 Å². The second-order valence-corrected chi connectivity index (χ2v) is 6.29. The molecule has 1 atom stereocenters. The maximum Gasteiger partial charge on any atom is 0.129 e. The monoisotopic (exact) mass is 349 g/mol. The molecule has 3 rings (SSSR count). The first-order chi connectivity index (χ1) is 10.3. The van der Waals surface area contributed by atoms with Crippen LogP contribution in [0.15, 0.2) is 45.5 Å². The third-order valence-corrected chi connectivity index (χ3v) is 4.36. The minimum absolute atomic E-state index is 0.498. The predicted molar refractivity (Wildman–Crippen MR) is 86.2 cm³/mol. The highest BCUT2D eigenvalue weighted by atomic mass is 79.9. The topological polar surface area (TPSA) is 34.4 Å². The van der Waals surface area contributed by atoms with Crippen molar-refractivity contribution in [2.24, 2.45) is 0 Å². The normalized spacial score (nSPS) is 17.1. The van der Waals surface area contributed by atoms with Crippen LogP contribution in [-0.4, -0.2) is 13.2 Å². The van der Waals surface area contributed by atoms with Crippen LogP contribution in [0.5, 0.6) is 0 Å². The number of hydrogen-bond donors (Lipinski definition) is 1. The molecule has 0 saturated heterocycles. The summed E-state index contributed by atoms with van der Waals surface area (Å²) in [5.41, 5.74) is 2.92. The molecule has 1 aromatic carbocycles. The largest absolute Gasteiger partial charge is 0.467 e. The van der Waals surface area contributed by atoms with Crippen molar-refractivity contribution in [2.45, 2.75) is 31.9 Å². The Bertz CT molecular complexity index is 568. The fourth-order valence-electron chi connectivity index (χ4n) is 2.82. The van der Waals surface area contributed by atoms with Crippen LogP contribution in [0.25, 0.3) is 0 Å². The van der Waals surface area contributed by atoms with Gasteiger partial charge in [0.05, 0.1) is 6.26 Å². The average molecular weight is 350 g/mol.